The average Bonchev–Trinajstić information content (AvgIpc) is 2.39. The molecule has 0 radical (unpaired) electrons. The second kappa shape index (κ2) is 4.70. The van der Waals surface area contributed by atoms with Crippen LogP contribution in [0, 0.1) is 0 Å². The van der Waals surface area contributed by atoms with E-state index in [0.717, 1.165) is 12.1 Å². The maximum absolute atomic E-state index is 12.5. The van der Waals surface area contributed by atoms with Crippen molar-refractivity contribution in [2.45, 2.75) is 10.4 Å². The van der Waals surface area contributed by atoms with Gasteiger partial charge >= 0.3 is 5.51 Å². The molecule has 0 aliphatic rings. The van der Waals surface area contributed by atoms with E-state index in [1.165, 1.54) is 6.07 Å². The molecule has 0 bridgehead atoms. The second-order valence-electron chi connectivity index (χ2n) is 3.84. The minimum Gasteiger partial charge on any atom is -0.214 e. The van der Waals surface area contributed by atoms with Gasteiger partial charge in [-0.2, -0.15) is 13.2 Å². The fraction of sp³-hybridized carbons (Fsp3) is 0.0769. The van der Waals surface area contributed by atoms with Crippen LogP contribution in [0.3, 0.4) is 0 Å². The normalized spacial score (nSPS) is 12.4. The first-order valence-electron chi connectivity index (χ1n) is 5.29. The van der Waals surface area contributed by atoms with Gasteiger partial charge in [0.2, 0.25) is 0 Å². The third kappa shape index (κ3) is 2.63. The molecule has 0 N–H and O–H groups in total. The zero-order valence-corrected chi connectivity index (χ0v) is 10.4. The highest BCUT2D eigenvalue weighted by atomic mass is 32.2. The molecular weight excluding hydrogens is 277 g/mol. The molecule has 0 spiro atoms. The highest BCUT2D eigenvalue weighted by molar-refractivity contribution is 7.92. The van der Waals surface area contributed by atoms with Crippen LogP contribution >= 0.6 is 0 Å². The van der Waals surface area contributed by atoms with Crippen molar-refractivity contribution < 1.29 is 21.6 Å². The Morgan fingerprint density at radius 1 is 0.789 bits per heavy atom. The van der Waals surface area contributed by atoms with Crippen LogP contribution in [0.25, 0.3) is 11.1 Å². The summed E-state index contributed by atoms with van der Waals surface area (Å²) in [5.74, 6) is 0. The van der Waals surface area contributed by atoms with Gasteiger partial charge < -0.3 is 0 Å². The van der Waals surface area contributed by atoms with Crippen LogP contribution in [0.2, 0.25) is 0 Å². The Balaban J connectivity index is 2.53. The van der Waals surface area contributed by atoms with Crippen LogP contribution < -0.4 is 0 Å². The van der Waals surface area contributed by atoms with Gasteiger partial charge in [-0.25, -0.2) is 8.42 Å². The highest BCUT2D eigenvalue weighted by Crippen LogP contribution is 2.32. The number of hydrogen-bond acceptors (Lipinski definition) is 2. The lowest BCUT2D eigenvalue weighted by Gasteiger charge is -2.09. The summed E-state index contributed by atoms with van der Waals surface area (Å²) >= 11 is 0. The molecule has 0 heterocycles. The van der Waals surface area contributed by atoms with Crippen molar-refractivity contribution in [3.63, 3.8) is 0 Å². The highest BCUT2D eigenvalue weighted by Gasteiger charge is 2.46. The zero-order chi connectivity index (χ0) is 14.1. The maximum Gasteiger partial charge on any atom is 0.501 e. The summed E-state index contributed by atoms with van der Waals surface area (Å²) in [5, 5.41) is 0. The Labute approximate surface area is 108 Å². The number of sulfone groups is 1. The molecule has 2 aromatic carbocycles. The van der Waals surface area contributed by atoms with Crippen molar-refractivity contribution in [3.8, 4) is 11.1 Å². The van der Waals surface area contributed by atoms with Gasteiger partial charge in [0.15, 0.2) is 0 Å². The molecule has 0 aliphatic heterocycles. The second-order valence-corrected chi connectivity index (χ2v) is 5.78. The topological polar surface area (TPSA) is 34.1 Å². The van der Waals surface area contributed by atoms with E-state index in [4.69, 9.17) is 0 Å². The predicted molar refractivity (Wildman–Crippen MR) is 65.1 cm³/mol. The summed E-state index contributed by atoms with van der Waals surface area (Å²) in [4.78, 5) is -0.749. The Kier molecular flexibility index (Phi) is 3.36. The van der Waals surface area contributed by atoms with Crippen LogP contribution in [0.5, 0.6) is 0 Å². The van der Waals surface area contributed by atoms with Crippen molar-refractivity contribution in [3.05, 3.63) is 54.6 Å². The van der Waals surface area contributed by atoms with E-state index in [2.05, 4.69) is 0 Å². The molecule has 0 fully saturated rings. The van der Waals surface area contributed by atoms with Gasteiger partial charge in [-0.05, 0) is 23.3 Å². The molecule has 0 unspecified atom stereocenters. The molecule has 0 aromatic heterocycles. The van der Waals surface area contributed by atoms with E-state index >= 15 is 0 Å². The smallest absolute Gasteiger partial charge is 0.214 e. The Morgan fingerprint density at radius 3 is 1.95 bits per heavy atom. The molecule has 2 rings (SSSR count). The number of hydrogen-bond donors (Lipinski definition) is 0. The molecule has 0 amide bonds. The van der Waals surface area contributed by atoms with Gasteiger partial charge in [0.25, 0.3) is 9.84 Å². The van der Waals surface area contributed by atoms with Gasteiger partial charge in [0, 0.05) is 0 Å². The molecule has 19 heavy (non-hydrogen) atoms. The van der Waals surface area contributed by atoms with Crippen molar-refractivity contribution in [1.82, 2.24) is 0 Å². The number of benzene rings is 2. The molecule has 2 nitrogen and oxygen atoms in total. The molecule has 0 saturated carbocycles. The maximum atomic E-state index is 12.5. The third-order valence-electron chi connectivity index (χ3n) is 2.56. The molecule has 100 valence electrons. The van der Waals surface area contributed by atoms with E-state index < -0.39 is 20.2 Å². The first-order chi connectivity index (χ1) is 8.82. The monoisotopic (exact) mass is 286 g/mol. The summed E-state index contributed by atoms with van der Waals surface area (Å²) in [5.41, 5.74) is -4.21. The quantitative estimate of drug-likeness (QED) is 0.844. The van der Waals surface area contributed by atoms with E-state index in [-0.39, 0.29) is 0 Å². The lowest BCUT2D eigenvalue weighted by molar-refractivity contribution is -0.0435. The summed E-state index contributed by atoms with van der Waals surface area (Å²) in [7, 11) is -5.31. The van der Waals surface area contributed by atoms with Crippen LogP contribution in [0.1, 0.15) is 0 Å². The van der Waals surface area contributed by atoms with Gasteiger partial charge in [0.05, 0.1) is 4.90 Å². The average molecular weight is 286 g/mol. The fourth-order valence-corrected chi connectivity index (χ4v) is 2.41. The predicted octanol–water partition coefficient (Wildman–Crippen LogP) is 3.65. The number of halogens is 3. The van der Waals surface area contributed by atoms with Gasteiger partial charge in [-0.1, -0.05) is 42.5 Å². The van der Waals surface area contributed by atoms with Crippen molar-refractivity contribution in [2.24, 2.45) is 0 Å². The third-order valence-corrected chi connectivity index (χ3v) is 4.04. The van der Waals surface area contributed by atoms with E-state index in [1.807, 2.05) is 0 Å². The van der Waals surface area contributed by atoms with Crippen molar-refractivity contribution in [2.75, 3.05) is 0 Å². The minimum atomic E-state index is -5.31. The molecule has 0 atom stereocenters. The Bertz CT molecular complexity index is 677. The van der Waals surface area contributed by atoms with Crippen LogP contribution in [-0.2, 0) is 9.84 Å². The van der Waals surface area contributed by atoms with Crippen molar-refractivity contribution in [1.29, 1.82) is 0 Å². The van der Waals surface area contributed by atoms with Crippen LogP contribution in [-0.4, -0.2) is 13.9 Å². The molecule has 2 aromatic rings. The lowest BCUT2D eigenvalue weighted by atomic mass is 10.1. The molecule has 0 saturated heterocycles. The molecule has 0 aliphatic carbocycles. The summed E-state index contributed by atoms with van der Waals surface area (Å²) in [6.45, 7) is 0. The minimum absolute atomic E-state index is 0.422. The van der Waals surface area contributed by atoms with Gasteiger partial charge in [0.1, 0.15) is 0 Å². The number of alkyl halides is 3. The van der Waals surface area contributed by atoms with Crippen molar-refractivity contribution >= 4 is 9.84 Å². The van der Waals surface area contributed by atoms with E-state index in [1.54, 1.807) is 36.4 Å². The Hall–Kier alpha value is -1.82. The summed E-state index contributed by atoms with van der Waals surface area (Å²) in [6, 6.07) is 13.4. The Morgan fingerprint density at radius 2 is 1.37 bits per heavy atom. The summed E-state index contributed by atoms with van der Waals surface area (Å²) < 4.78 is 60.0. The standard InChI is InChI=1S/C13H9F3O2S/c14-13(15,16)19(17,18)12-8-4-7-11(9-12)10-5-2-1-3-6-10/h1-9H. The SMILES string of the molecule is O=S(=O)(c1cccc(-c2ccccc2)c1)C(F)(F)F. The first-order valence-corrected chi connectivity index (χ1v) is 6.77. The van der Waals surface area contributed by atoms with Crippen LogP contribution in [0.15, 0.2) is 59.5 Å². The number of rotatable bonds is 2. The van der Waals surface area contributed by atoms with E-state index in [9.17, 15) is 21.6 Å². The van der Waals surface area contributed by atoms with Gasteiger partial charge in [-0.15, -0.1) is 0 Å². The molecular formula is C13H9F3O2S. The fourth-order valence-electron chi connectivity index (χ4n) is 1.61. The zero-order valence-electron chi connectivity index (χ0n) is 9.55. The van der Waals surface area contributed by atoms with E-state index in [0.29, 0.717) is 11.1 Å². The molecule has 6 heteroatoms. The first kappa shape index (κ1) is 13.6. The van der Waals surface area contributed by atoms with Gasteiger partial charge in [-0.3, -0.25) is 0 Å². The largest absolute Gasteiger partial charge is 0.501 e. The summed E-state index contributed by atoms with van der Waals surface area (Å²) in [6.07, 6.45) is 0. The lowest BCUT2D eigenvalue weighted by Crippen LogP contribution is -2.23. The van der Waals surface area contributed by atoms with Crippen LogP contribution in [0.4, 0.5) is 13.2 Å².